The Morgan fingerprint density at radius 3 is 2.42 bits per heavy atom. The zero-order valence-electron chi connectivity index (χ0n) is 9.76. The lowest BCUT2D eigenvalue weighted by Crippen LogP contribution is -2.10. The van der Waals surface area contributed by atoms with E-state index in [1.807, 2.05) is 19.9 Å². The van der Waals surface area contributed by atoms with E-state index in [9.17, 15) is 8.42 Å². The van der Waals surface area contributed by atoms with Gasteiger partial charge in [-0.25, -0.2) is 8.42 Å². The van der Waals surface area contributed by atoms with Crippen LogP contribution in [0.1, 0.15) is 19.9 Å². The summed E-state index contributed by atoms with van der Waals surface area (Å²) in [5.74, 6) is 0.461. The van der Waals surface area contributed by atoms with Crippen LogP contribution >= 0.6 is 53.9 Å². The average molecular weight is 450 g/mol. The molecule has 0 saturated carbocycles. The van der Waals surface area contributed by atoms with Gasteiger partial charge in [0.05, 0.1) is 7.57 Å². The standard InChI is InChI=1S/C9H8Br2ClN3O2S2/c1-4(2)15-8(5-3-6(10)18-7(5)11)13-14-9(15)19(12,16)17/h3-4H,1-2H3. The highest BCUT2D eigenvalue weighted by atomic mass is 79.9. The van der Waals surface area contributed by atoms with Gasteiger partial charge in [0.25, 0.3) is 14.2 Å². The van der Waals surface area contributed by atoms with Crippen LogP contribution in [0.3, 0.4) is 0 Å². The number of rotatable bonds is 3. The van der Waals surface area contributed by atoms with Crippen molar-refractivity contribution in [2.75, 3.05) is 0 Å². The van der Waals surface area contributed by atoms with E-state index in [4.69, 9.17) is 10.7 Å². The van der Waals surface area contributed by atoms with E-state index < -0.39 is 9.05 Å². The summed E-state index contributed by atoms with van der Waals surface area (Å²) in [6.07, 6.45) is 0. The first-order chi connectivity index (χ1) is 8.71. The van der Waals surface area contributed by atoms with Crippen LogP contribution in [0.4, 0.5) is 0 Å². The van der Waals surface area contributed by atoms with E-state index in [2.05, 4.69) is 42.1 Å². The molecule has 5 nitrogen and oxygen atoms in total. The molecule has 19 heavy (non-hydrogen) atoms. The predicted molar refractivity (Wildman–Crippen MR) is 82.2 cm³/mol. The minimum absolute atomic E-state index is 0.140. The summed E-state index contributed by atoms with van der Waals surface area (Å²) in [6.45, 7) is 3.68. The van der Waals surface area contributed by atoms with Crippen molar-refractivity contribution in [1.82, 2.24) is 14.8 Å². The molecule has 0 atom stereocenters. The number of hydrogen-bond donors (Lipinski definition) is 0. The maximum absolute atomic E-state index is 11.5. The summed E-state index contributed by atoms with van der Waals surface area (Å²) in [4.78, 5) is 0. The molecular formula is C9H8Br2ClN3O2S2. The van der Waals surface area contributed by atoms with Crippen molar-refractivity contribution in [3.05, 3.63) is 13.6 Å². The topological polar surface area (TPSA) is 64.8 Å². The maximum atomic E-state index is 11.5. The number of thiophene rings is 1. The molecule has 0 unspecified atom stereocenters. The third kappa shape index (κ3) is 3.05. The van der Waals surface area contributed by atoms with Crippen molar-refractivity contribution < 1.29 is 8.42 Å². The minimum Gasteiger partial charge on any atom is -0.294 e. The van der Waals surface area contributed by atoms with Gasteiger partial charge in [0, 0.05) is 22.3 Å². The Bertz CT molecular complexity index is 724. The second-order valence-electron chi connectivity index (χ2n) is 3.95. The molecule has 10 heteroatoms. The van der Waals surface area contributed by atoms with Gasteiger partial charge in [0.1, 0.15) is 0 Å². The summed E-state index contributed by atoms with van der Waals surface area (Å²) >= 11 is 8.27. The van der Waals surface area contributed by atoms with Crippen molar-refractivity contribution >= 4 is 62.9 Å². The molecule has 2 aromatic heterocycles. The largest absolute Gasteiger partial charge is 0.296 e. The first kappa shape index (κ1) is 15.4. The molecular weight excluding hydrogens is 442 g/mol. The van der Waals surface area contributed by atoms with E-state index in [1.165, 1.54) is 15.9 Å². The van der Waals surface area contributed by atoms with Crippen LogP contribution in [0.15, 0.2) is 18.8 Å². The first-order valence-corrected chi connectivity index (χ1v) is 9.77. The molecule has 0 aliphatic carbocycles. The predicted octanol–water partition coefficient (Wildman–Crippen LogP) is 4.04. The molecule has 0 radical (unpaired) electrons. The molecule has 0 aliphatic heterocycles. The van der Waals surface area contributed by atoms with Crippen LogP contribution < -0.4 is 0 Å². The third-order valence-corrected chi connectivity index (χ3v) is 5.76. The van der Waals surface area contributed by atoms with E-state index in [0.29, 0.717) is 5.82 Å². The Morgan fingerprint density at radius 1 is 1.37 bits per heavy atom. The number of hydrogen-bond acceptors (Lipinski definition) is 5. The van der Waals surface area contributed by atoms with Crippen molar-refractivity contribution in [3.8, 4) is 11.4 Å². The van der Waals surface area contributed by atoms with Crippen LogP contribution in [0, 0.1) is 0 Å². The summed E-state index contributed by atoms with van der Waals surface area (Å²) in [7, 11) is 1.45. The normalized spacial score (nSPS) is 12.3. The molecule has 0 N–H and O–H groups in total. The molecule has 2 heterocycles. The first-order valence-electron chi connectivity index (χ1n) is 5.06. The third-order valence-electron chi connectivity index (χ3n) is 2.30. The fourth-order valence-corrected chi connectivity index (χ4v) is 5.36. The highest BCUT2D eigenvalue weighted by Gasteiger charge is 2.26. The number of nitrogens with zero attached hydrogens (tertiary/aromatic N) is 3. The Morgan fingerprint density at radius 2 is 2.00 bits per heavy atom. The Labute approximate surface area is 135 Å². The maximum Gasteiger partial charge on any atom is 0.296 e. The zero-order valence-corrected chi connectivity index (χ0v) is 15.3. The Hall–Kier alpha value is 0.0400. The van der Waals surface area contributed by atoms with E-state index >= 15 is 0 Å². The molecule has 0 aromatic carbocycles. The van der Waals surface area contributed by atoms with E-state index in [1.54, 1.807) is 0 Å². The van der Waals surface area contributed by atoms with Crippen LogP contribution in [0.25, 0.3) is 11.4 Å². The highest BCUT2D eigenvalue weighted by molar-refractivity contribution is 9.12. The molecule has 104 valence electrons. The second kappa shape index (κ2) is 5.44. The number of halogens is 3. The Balaban J connectivity index is 2.73. The van der Waals surface area contributed by atoms with Gasteiger partial charge >= 0.3 is 0 Å². The molecule has 2 rings (SSSR count). The van der Waals surface area contributed by atoms with Crippen LogP contribution in [0.2, 0.25) is 0 Å². The molecule has 0 saturated heterocycles. The summed E-state index contributed by atoms with van der Waals surface area (Å²) in [5.41, 5.74) is 0.768. The lowest BCUT2D eigenvalue weighted by molar-refractivity contribution is 0.530. The monoisotopic (exact) mass is 447 g/mol. The molecule has 0 fully saturated rings. The van der Waals surface area contributed by atoms with E-state index in [0.717, 1.165) is 13.1 Å². The smallest absolute Gasteiger partial charge is 0.294 e. The fraction of sp³-hybridized carbons (Fsp3) is 0.333. The van der Waals surface area contributed by atoms with Crippen molar-refractivity contribution in [1.29, 1.82) is 0 Å². The van der Waals surface area contributed by atoms with Crippen molar-refractivity contribution in [2.24, 2.45) is 0 Å². The quantitative estimate of drug-likeness (QED) is 0.664. The zero-order chi connectivity index (χ0) is 14.4. The van der Waals surface area contributed by atoms with Gasteiger partial charge in [-0.2, -0.15) is 0 Å². The van der Waals surface area contributed by atoms with Gasteiger partial charge in [-0.15, -0.1) is 21.5 Å². The average Bonchev–Trinajstić information content (AvgIpc) is 2.80. The molecule has 2 aromatic rings. The summed E-state index contributed by atoms with van der Waals surface area (Å²) in [5, 5.41) is 7.41. The SMILES string of the molecule is CC(C)n1c(-c2cc(Br)sc2Br)nnc1S(=O)(=O)Cl. The molecule has 0 aliphatic rings. The fourth-order valence-electron chi connectivity index (χ4n) is 1.59. The van der Waals surface area contributed by atoms with Crippen LogP contribution in [-0.2, 0) is 9.05 Å². The molecule has 0 bridgehead atoms. The van der Waals surface area contributed by atoms with Gasteiger partial charge < -0.3 is 0 Å². The molecule has 0 amide bonds. The van der Waals surface area contributed by atoms with Crippen LogP contribution in [-0.4, -0.2) is 23.2 Å². The van der Waals surface area contributed by atoms with E-state index in [-0.39, 0.29) is 11.2 Å². The van der Waals surface area contributed by atoms with Crippen LogP contribution in [0.5, 0.6) is 0 Å². The lowest BCUT2D eigenvalue weighted by Gasteiger charge is -2.11. The van der Waals surface area contributed by atoms with Gasteiger partial charge in [0.2, 0.25) is 0 Å². The van der Waals surface area contributed by atoms with Crippen molar-refractivity contribution in [3.63, 3.8) is 0 Å². The number of aromatic nitrogens is 3. The summed E-state index contributed by atoms with van der Waals surface area (Å²) in [6, 6.07) is 1.71. The Kier molecular flexibility index (Phi) is 4.41. The van der Waals surface area contributed by atoms with Crippen molar-refractivity contribution in [2.45, 2.75) is 25.0 Å². The second-order valence-corrected chi connectivity index (χ2v) is 10.2. The lowest BCUT2D eigenvalue weighted by atomic mass is 10.3. The van der Waals surface area contributed by atoms with Gasteiger partial charge in [-0.1, -0.05) is 0 Å². The van der Waals surface area contributed by atoms with Gasteiger partial charge in [-0.05, 0) is 51.8 Å². The van der Waals surface area contributed by atoms with Gasteiger partial charge in [-0.3, -0.25) is 4.57 Å². The van der Waals surface area contributed by atoms with Gasteiger partial charge in [0.15, 0.2) is 5.82 Å². The molecule has 0 spiro atoms. The highest BCUT2D eigenvalue weighted by Crippen LogP contribution is 2.39. The summed E-state index contributed by atoms with van der Waals surface area (Å²) < 4.78 is 26.3. The minimum atomic E-state index is -3.93.